The van der Waals surface area contributed by atoms with Gasteiger partial charge >= 0.3 is 5.97 Å². The van der Waals surface area contributed by atoms with Crippen LogP contribution in [0.3, 0.4) is 0 Å². The van der Waals surface area contributed by atoms with E-state index in [9.17, 15) is 14.9 Å². The summed E-state index contributed by atoms with van der Waals surface area (Å²) in [5.41, 5.74) is 0.0806. The second-order valence-corrected chi connectivity index (χ2v) is 4.92. The molecule has 0 atom stereocenters. The summed E-state index contributed by atoms with van der Waals surface area (Å²) in [6.07, 6.45) is 3.29. The van der Waals surface area contributed by atoms with E-state index in [1.165, 1.54) is 19.2 Å². The van der Waals surface area contributed by atoms with Crippen LogP contribution in [-0.2, 0) is 4.74 Å². The van der Waals surface area contributed by atoms with Crippen molar-refractivity contribution in [2.24, 2.45) is 0 Å². The van der Waals surface area contributed by atoms with Gasteiger partial charge in [-0.25, -0.2) is 4.79 Å². The maximum Gasteiger partial charge on any atom is 0.337 e. The molecule has 0 heterocycles. The quantitative estimate of drug-likeness (QED) is 0.854. The van der Waals surface area contributed by atoms with Crippen molar-refractivity contribution in [2.75, 3.05) is 7.11 Å². The van der Waals surface area contributed by atoms with Crippen molar-refractivity contribution in [3.63, 3.8) is 0 Å². The van der Waals surface area contributed by atoms with Crippen LogP contribution in [0.2, 0.25) is 0 Å². The fourth-order valence-electron chi connectivity index (χ4n) is 2.41. The van der Waals surface area contributed by atoms with E-state index >= 15 is 0 Å². The Morgan fingerprint density at radius 1 is 1.20 bits per heavy atom. The first-order valence-electron chi connectivity index (χ1n) is 6.52. The number of nitrogens with zero attached hydrogens (tertiary/aromatic N) is 1. The molecule has 104 valence electrons. The molecule has 5 heteroatoms. The van der Waals surface area contributed by atoms with Gasteiger partial charge in [-0.3, -0.25) is 4.79 Å². The highest BCUT2D eigenvalue weighted by molar-refractivity contribution is 5.96. The highest BCUT2D eigenvalue weighted by Crippen LogP contribution is 2.29. The largest absolute Gasteiger partial charge is 0.465 e. The number of rotatable bonds is 3. The van der Waals surface area contributed by atoms with E-state index in [4.69, 9.17) is 0 Å². The van der Waals surface area contributed by atoms with E-state index in [1.807, 2.05) is 0 Å². The fraction of sp³-hybridized carbons (Fsp3) is 0.400. The zero-order valence-corrected chi connectivity index (χ0v) is 11.3. The van der Waals surface area contributed by atoms with E-state index in [1.54, 1.807) is 12.1 Å². The van der Waals surface area contributed by atoms with Crippen LogP contribution in [-0.4, -0.2) is 24.5 Å². The van der Waals surface area contributed by atoms with Crippen LogP contribution in [0.4, 0.5) is 0 Å². The van der Waals surface area contributed by atoms with E-state index in [2.05, 4.69) is 16.1 Å². The number of hydrogen-bond acceptors (Lipinski definition) is 4. The minimum Gasteiger partial charge on any atom is -0.465 e. The van der Waals surface area contributed by atoms with Crippen molar-refractivity contribution in [1.29, 1.82) is 5.26 Å². The van der Waals surface area contributed by atoms with E-state index in [-0.39, 0.29) is 5.91 Å². The van der Waals surface area contributed by atoms with Crippen LogP contribution < -0.4 is 5.32 Å². The lowest BCUT2D eigenvalue weighted by Crippen LogP contribution is -2.45. The first-order chi connectivity index (χ1) is 9.60. The number of amides is 1. The zero-order valence-electron chi connectivity index (χ0n) is 11.3. The standard InChI is InChI=1S/C15H16N2O3/c1-20-14(19)12-6-4-11(5-7-12)13(18)17-15(10-16)8-2-3-9-15/h4-7H,2-3,8-9H2,1H3,(H,17,18). The van der Waals surface area contributed by atoms with Crippen LogP contribution in [0, 0.1) is 11.3 Å². The number of methoxy groups -OCH3 is 1. The van der Waals surface area contributed by atoms with Gasteiger partial charge in [0.15, 0.2) is 0 Å². The zero-order chi connectivity index (χ0) is 14.6. The van der Waals surface area contributed by atoms with Gasteiger partial charge < -0.3 is 10.1 Å². The lowest BCUT2D eigenvalue weighted by Gasteiger charge is -2.21. The fourth-order valence-corrected chi connectivity index (χ4v) is 2.41. The second-order valence-electron chi connectivity index (χ2n) is 4.92. The number of hydrogen-bond donors (Lipinski definition) is 1. The van der Waals surface area contributed by atoms with Crippen molar-refractivity contribution in [1.82, 2.24) is 5.32 Å². The van der Waals surface area contributed by atoms with E-state index < -0.39 is 11.5 Å². The molecule has 1 saturated carbocycles. The Hall–Kier alpha value is -2.35. The predicted molar refractivity (Wildman–Crippen MR) is 72.1 cm³/mol. The first-order valence-corrected chi connectivity index (χ1v) is 6.52. The van der Waals surface area contributed by atoms with Gasteiger partial charge in [-0.05, 0) is 49.9 Å². The topological polar surface area (TPSA) is 79.2 Å². The van der Waals surface area contributed by atoms with Gasteiger partial charge in [0.2, 0.25) is 0 Å². The van der Waals surface area contributed by atoms with E-state index in [0.717, 1.165) is 12.8 Å². The Balaban J connectivity index is 2.10. The predicted octanol–water partition coefficient (Wildman–Crippen LogP) is 2.04. The Labute approximate surface area is 117 Å². The van der Waals surface area contributed by atoms with Gasteiger partial charge in [0, 0.05) is 5.56 Å². The molecule has 1 N–H and O–H groups in total. The minimum atomic E-state index is -0.738. The molecule has 1 fully saturated rings. The molecular formula is C15H16N2O3. The molecule has 1 amide bonds. The average Bonchev–Trinajstić information content (AvgIpc) is 2.95. The molecule has 1 aromatic carbocycles. The van der Waals surface area contributed by atoms with Gasteiger partial charge in [0.05, 0.1) is 18.7 Å². The maximum absolute atomic E-state index is 12.1. The van der Waals surface area contributed by atoms with Gasteiger partial charge in [-0.2, -0.15) is 5.26 Å². The monoisotopic (exact) mass is 272 g/mol. The molecule has 0 radical (unpaired) electrons. The Kier molecular flexibility index (Phi) is 4.04. The number of nitriles is 1. The SMILES string of the molecule is COC(=O)c1ccc(C(=O)NC2(C#N)CCCC2)cc1. The smallest absolute Gasteiger partial charge is 0.337 e. The van der Waals surface area contributed by atoms with Gasteiger partial charge in [0.25, 0.3) is 5.91 Å². The van der Waals surface area contributed by atoms with Crippen LogP contribution in [0.25, 0.3) is 0 Å². The van der Waals surface area contributed by atoms with Crippen molar-refractivity contribution < 1.29 is 14.3 Å². The molecule has 0 aromatic heterocycles. The number of carbonyl (C=O) groups is 2. The summed E-state index contributed by atoms with van der Waals surface area (Å²) in [6.45, 7) is 0. The van der Waals surface area contributed by atoms with Crippen molar-refractivity contribution in [3.8, 4) is 6.07 Å². The summed E-state index contributed by atoms with van der Waals surface area (Å²) in [5, 5.41) is 12.0. The molecule has 1 aromatic rings. The number of nitrogens with one attached hydrogen (secondary N) is 1. The van der Waals surface area contributed by atoms with Gasteiger partial charge in [0.1, 0.15) is 5.54 Å². The molecule has 0 bridgehead atoms. The summed E-state index contributed by atoms with van der Waals surface area (Å²) in [7, 11) is 1.31. The molecule has 1 aliphatic rings. The highest BCUT2D eigenvalue weighted by atomic mass is 16.5. The number of carbonyl (C=O) groups excluding carboxylic acids is 2. The number of benzene rings is 1. The molecule has 0 spiro atoms. The van der Waals surface area contributed by atoms with Crippen molar-refractivity contribution in [2.45, 2.75) is 31.2 Å². The first kappa shape index (κ1) is 14.1. The Morgan fingerprint density at radius 3 is 2.25 bits per heavy atom. The lowest BCUT2D eigenvalue weighted by atomic mass is 9.99. The third-order valence-corrected chi connectivity index (χ3v) is 3.59. The summed E-state index contributed by atoms with van der Waals surface area (Å²) >= 11 is 0. The molecule has 5 nitrogen and oxygen atoms in total. The Morgan fingerprint density at radius 2 is 1.75 bits per heavy atom. The van der Waals surface area contributed by atoms with Crippen molar-refractivity contribution >= 4 is 11.9 Å². The summed E-state index contributed by atoms with van der Waals surface area (Å²) in [4.78, 5) is 23.4. The summed E-state index contributed by atoms with van der Waals surface area (Å²) in [5.74, 6) is -0.730. The molecule has 2 rings (SSSR count). The Bertz CT molecular complexity index is 551. The number of ether oxygens (including phenoxy) is 1. The lowest BCUT2D eigenvalue weighted by molar-refractivity contribution is 0.0600. The third-order valence-electron chi connectivity index (χ3n) is 3.59. The molecular weight excluding hydrogens is 256 g/mol. The molecule has 0 unspecified atom stereocenters. The van der Waals surface area contributed by atoms with E-state index in [0.29, 0.717) is 24.0 Å². The van der Waals surface area contributed by atoms with Crippen LogP contribution in [0.5, 0.6) is 0 Å². The average molecular weight is 272 g/mol. The normalized spacial score (nSPS) is 16.2. The van der Waals surface area contributed by atoms with Crippen LogP contribution in [0.1, 0.15) is 46.4 Å². The van der Waals surface area contributed by atoms with Crippen LogP contribution in [0.15, 0.2) is 24.3 Å². The van der Waals surface area contributed by atoms with Gasteiger partial charge in [-0.15, -0.1) is 0 Å². The van der Waals surface area contributed by atoms with Crippen molar-refractivity contribution in [3.05, 3.63) is 35.4 Å². The van der Waals surface area contributed by atoms with Crippen LogP contribution >= 0.6 is 0 Å². The summed E-state index contributed by atoms with van der Waals surface area (Å²) in [6, 6.07) is 8.40. The second kappa shape index (κ2) is 5.74. The van der Waals surface area contributed by atoms with Gasteiger partial charge in [-0.1, -0.05) is 0 Å². The molecule has 0 saturated heterocycles. The minimum absolute atomic E-state index is 0.287. The molecule has 1 aliphatic carbocycles. The molecule has 20 heavy (non-hydrogen) atoms. The maximum atomic E-state index is 12.1. The number of esters is 1. The third kappa shape index (κ3) is 2.80. The molecule has 0 aliphatic heterocycles. The highest BCUT2D eigenvalue weighted by Gasteiger charge is 2.35. The summed E-state index contributed by atoms with van der Waals surface area (Å²) < 4.78 is 4.60.